The molecule has 85 heavy (non-hydrogen) atoms. The second-order valence-electron chi connectivity index (χ2n) is 23.9. The molecule has 0 saturated carbocycles. The number of hydrogen-bond acceptors (Lipinski definition) is 10. The number of hydrogen-bond donors (Lipinski definition) is 6. The van der Waals surface area contributed by atoms with Gasteiger partial charge in [-0.05, 0) is 83.5 Å². The average Bonchev–Trinajstić information content (AvgIpc) is 3.51. The monoisotopic (exact) mass is 1190 g/mol. The minimum Gasteiger partial charge on any atom is -0.454 e. The molecule has 8 unspecified atom stereocenters. The van der Waals surface area contributed by atoms with Crippen molar-refractivity contribution in [3.8, 4) is 0 Å². The number of carbonyl (C=O) groups excluding carboxylic acids is 2. The Labute approximate surface area is 520 Å². The van der Waals surface area contributed by atoms with Gasteiger partial charge in [0.2, 0.25) is 5.91 Å². The molecule has 1 saturated heterocycles. The average molecular weight is 1190 g/mol. The van der Waals surface area contributed by atoms with Gasteiger partial charge in [0, 0.05) is 12.8 Å². The van der Waals surface area contributed by atoms with Crippen LogP contribution >= 0.6 is 0 Å². The number of aliphatic hydroxyl groups excluding tert-OH is 5. The van der Waals surface area contributed by atoms with Crippen LogP contribution in [0.15, 0.2) is 97.2 Å². The predicted molar refractivity (Wildman–Crippen MR) is 356 cm³/mol. The smallest absolute Gasteiger partial charge is 0.306 e. The van der Waals surface area contributed by atoms with E-state index in [1.165, 1.54) is 173 Å². The minimum atomic E-state index is -1.63. The maximum atomic E-state index is 13.4. The summed E-state index contributed by atoms with van der Waals surface area (Å²) in [5, 5.41) is 57.0. The highest BCUT2D eigenvalue weighted by atomic mass is 16.7. The van der Waals surface area contributed by atoms with E-state index in [4.69, 9.17) is 14.2 Å². The van der Waals surface area contributed by atoms with Crippen LogP contribution in [0.5, 0.6) is 0 Å². The van der Waals surface area contributed by atoms with E-state index in [2.05, 4.69) is 92.9 Å². The fourth-order valence-corrected chi connectivity index (χ4v) is 10.5. The van der Waals surface area contributed by atoms with Crippen molar-refractivity contribution in [2.75, 3.05) is 13.2 Å². The molecule has 0 radical (unpaired) electrons. The van der Waals surface area contributed by atoms with Crippen LogP contribution in [-0.2, 0) is 23.8 Å². The van der Waals surface area contributed by atoms with Gasteiger partial charge in [-0.3, -0.25) is 9.59 Å². The van der Waals surface area contributed by atoms with Crippen molar-refractivity contribution in [2.24, 2.45) is 0 Å². The standard InChI is InChI=1S/C74H129NO10/c1-4-7-10-13-16-19-22-24-26-28-30-31-32-33-34-35-36-37-38-40-42-44-47-50-53-56-59-62-69(79)85-72-71(81)70(80)68(63-76)84-74(72)83-64-65(66(77)60-57-54-51-48-45-21-18-15-12-9-6-3)75-73(82)67(78)61-58-55-52-49-46-43-41-39-29-27-25-23-20-17-14-11-8-5-2/h8,11,17,20,24-27,39,41,46,49,55,57-58,60,65-68,70-72,74,76-78,80-81H,4-7,9-10,12-16,18-19,21-23,28-38,40,42-45,47-48,50-54,56,59,61-64H2,1-3H3,(H,75,82)/b11-8-,20-17-,26-24+,27-25-,41-39-,49-46-,58-55-,60-57+. The maximum absolute atomic E-state index is 13.4. The van der Waals surface area contributed by atoms with E-state index in [1.807, 2.05) is 18.2 Å². The summed E-state index contributed by atoms with van der Waals surface area (Å²) in [5.41, 5.74) is 0. The molecule has 1 heterocycles. The summed E-state index contributed by atoms with van der Waals surface area (Å²) in [5.74, 6) is -1.28. The van der Waals surface area contributed by atoms with E-state index >= 15 is 0 Å². The van der Waals surface area contributed by atoms with Gasteiger partial charge in [0.25, 0.3) is 0 Å². The van der Waals surface area contributed by atoms with E-state index in [9.17, 15) is 35.1 Å². The minimum absolute atomic E-state index is 0.0549. The molecule has 8 atom stereocenters. The van der Waals surface area contributed by atoms with Crippen molar-refractivity contribution in [2.45, 2.75) is 346 Å². The molecule has 11 nitrogen and oxygen atoms in total. The van der Waals surface area contributed by atoms with Gasteiger partial charge in [-0.15, -0.1) is 0 Å². The highest BCUT2D eigenvalue weighted by molar-refractivity contribution is 5.81. The van der Waals surface area contributed by atoms with Crippen molar-refractivity contribution in [1.29, 1.82) is 0 Å². The van der Waals surface area contributed by atoms with E-state index in [0.717, 1.165) is 77.0 Å². The molecule has 1 aliphatic rings. The Kier molecular flexibility index (Phi) is 57.0. The van der Waals surface area contributed by atoms with Gasteiger partial charge in [-0.1, -0.05) is 298 Å². The van der Waals surface area contributed by atoms with Gasteiger partial charge in [-0.25, -0.2) is 0 Å². The van der Waals surface area contributed by atoms with E-state index in [0.29, 0.717) is 12.8 Å². The molecule has 1 fully saturated rings. The lowest BCUT2D eigenvalue weighted by atomic mass is 9.99. The van der Waals surface area contributed by atoms with Crippen LogP contribution in [0.25, 0.3) is 0 Å². The van der Waals surface area contributed by atoms with Crippen molar-refractivity contribution in [1.82, 2.24) is 5.32 Å². The fourth-order valence-electron chi connectivity index (χ4n) is 10.5. The van der Waals surface area contributed by atoms with Crippen LogP contribution < -0.4 is 5.32 Å². The molecular formula is C74H129NO10. The molecule has 0 spiro atoms. The Morgan fingerprint density at radius 1 is 0.471 bits per heavy atom. The van der Waals surface area contributed by atoms with Gasteiger partial charge in [0.15, 0.2) is 12.4 Å². The molecule has 0 aromatic carbocycles. The van der Waals surface area contributed by atoms with Crippen LogP contribution in [0, 0.1) is 0 Å². The number of esters is 1. The molecule has 0 aromatic rings. The summed E-state index contributed by atoms with van der Waals surface area (Å²) < 4.78 is 17.6. The Balaban J connectivity index is 2.57. The van der Waals surface area contributed by atoms with Crippen molar-refractivity contribution >= 4 is 11.9 Å². The molecule has 0 bridgehead atoms. The van der Waals surface area contributed by atoms with Gasteiger partial charge < -0.3 is 45.1 Å². The lowest BCUT2D eigenvalue weighted by molar-refractivity contribution is -0.305. The topological polar surface area (TPSA) is 175 Å². The third-order valence-corrected chi connectivity index (χ3v) is 16.0. The van der Waals surface area contributed by atoms with Crippen molar-refractivity contribution in [3.63, 3.8) is 0 Å². The molecule has 1 rings (SSSR count). The number of aliphatic hydroxyl groups is 5. The molecule has 1 amide bonds. The first-order valence-corrected chi connectivity index (χ1v) is 35.0. The van der Waals surface area contributed by atoms with Crippen LogP contribution in [0.3, 0.4) is 0 Å². The normalized spacial score (nSPS) is 19.0. The number of allylic oxidation sites excluding steroid dienone is 14. The van der Waals surface area contributed by atoms with Gasteiger partial charge in [-0.2, -0.15) is 0 Å². The van der Waals surface area contributed by atoms with Crippen LogP contribution in [-0.4, -0.2) is 99.6 Å². The summed E-state index contributed by atoms with van der Waals surface area (Å²) in [7, 11) is 0. The maximum Gasteiger partial charge on any atom is 0.306 e. The Hall–Kier alpha value is -3.42. The summed E-state index contributed by atoms with van der Waals surface area (Å²) in [6, 6.07) is -1.07. The number of rotatable bonds is 59. The van der Waals surface area contributed by atoms with Crippen molar-refractivity contribution in [3.05, 3.63) is 97.2 Å². The van der Waals surface area contributed by atoms with Gasteiger partial charge >= 0.3 is 5.97 Å². The molecule has 1 aliphatic heterocycles. The number of carbonyl (C=O) groups is 2. The third-order valence-electron chi connectivity index (χ3n) is 16.0. The lowest BCUT2D eigenvalue weighted by Crippen LogP contribution is -2.61. The Morgan fingerprint density at radius 3 is 1.26 bits per heavy atom. The highest BCUT2D eigenvalue weighted by Gasteiger charge is 2.47. The molecule has 11 heteroatoms. The van der Waals surface area contributed by atoms with Crippen LogP contribution in [0.1, 0.15) is 297 Å². The lowest BCUT2D eigenvalue weighted by Gasteiger charge is -2.41. The highest BCUT2D eigenvalue weighted by Crippen LogP contribution is 2.26. The zero-order valence-electron chi connectivity index (χ0n) is 54.5. The third kappa shape index (κ3) is 48.2. The van der Waals surface area contributed by atoms with Crippen LogP contribution in [0.2, 0.25) is 0 Å². The summed E-state index contributed by atoms with van der Waals surface area (Å²) in [4.78, 5) is 26.6. The first-order valence-electron chi connectivity index (χ1n) is 35.0. The zero-order valence-corrected chi connectivity index (χ0v) is 54.5. The van der Waals surface area contributed by atoms with E-state index < -0.39 is 67.4 Å². The largest absolute Gasteiger partial charge is 0.454 e. The summed E-state index contributed by atoms with van der Waals surface area (Å²) in [6.07, 6.45) is 72.0. The first-order chi connectivity index (χ1) is 41.7. The predicted octanol–water partition coefficient (Wildman–Crippen LogP) is 17.8. The summed E-state index contributed by atoms with van der Waals surface area (Å²) in [6.45, 7) is 5.64. The second kappa shape index (κ2) is 60.8. The number of ether oxygens (including phenoxy) is 3. The quantitative estimate of drug-likeness (QED) is 0.0195. The molecule has 6 N–H and O–H groups in total. The number of amides is 1. The zero-order chi connectivity index (χ0) is 61.7. The number of nitrogens with one attached hydrogen (secondary N) is 1. The SMILES string of the molecule is CC/C=C\C/C=C\C/C=C\C/C=C\C/C=C\C/C=C\CC(O)C(=O)NC(COC1OC(CO)C(O)C(O)C1OC(=O)CCCCCCCCCCCCCCCCCCC/C=C/CCCCCCCC)C(O)/C=C/CCCCCCCCCCC. The van der Waals surface area contributed by atoms with Gasteiger partial charge in [0.05, 0.1) is 25.4 Å². The van der Waals surface area contributed by atoms with E-state index in [1.54, 1.807) is 12.2 Å². The molecule has 490 valence electrons. The Bertz CT molecular complexity index is 1750. The second-order valence-corrected chi connectivity index (χ2v) is 23.9. The van der Waals surface area contributed by atoms with E-state index in [-0.39, 0.29) is 19.4 Å². The summed E-state index contributed by atoms with van der Waals surface area (Å²) >= 11 is 0. The fraction of sp³-hybridized carbons (Fsp3) is 0.757. The van der Waals surface area contributed by atoms with Crippen molar-refractivity contribution < 1.29 is 49.3 Å². The van der Waals surface area contributed by atoms with Gasteiger partial charge in [0.1, 0.15) is 24.4 Å². The first kappa shape index (κ1) is 79.6. The Morgan fingerprint density at radius 2 is 0.847 bits per heavy atom. The number of unbranched alkanes of at least 4 members (excludes halogenated alkanes) is 32. The molecular weight excluding hydrogens is 1060 g/mol. The molecule has 0 aromatic heterocycles. The molecule has 0 aliphatic carbocycles. The van der Waals surface area contributed by atoms with Crippen LogP contribution in [0.4, 0.5) is 0 Å².